The maximum atomic E-state index is 12.4. The average Bonchev–Trinajstić information content (AvgIpc) is 2.85. The van der Waals surface area contributed by atoms with Crippen LogP contribution in [0.25, 0.3) is 0 Å². The molecule has 2 rings (SSSR count). The molecule has 1 aliphatic heterocycles. The molecular formula is C14H15F3N2O3. The Bertz CT molecular complexity index is 575. The Morgan fingerprint density at radius 1 is 1.41 bits per heavy atom. The largest absolute Gasteiger partial charge is 0.573 e. The van der Waals surface area contributed by atoms with Gasteiger partial charge in [-0.1, -0.05) is 18.2 Å². The summed E-state index contributed by atoms with van der Waals surface area (Å²) in [7, 11) is 1.47. The van der Waals surface area contributed by atoms with Crippen LogP contribution in [-0.2, 0) is 16.1 Å². The maximum Gasteiger partial charge on any atom is 0.573 e. The molecule has 1 unspecified atom stereocenters. The molecule has 120 valence electrons. The summed E-state index contributed by atoms with van der Waals surface area (Å²) in [6, 6.07) is 5.02. The van der Waals surface area contributed by atoms with Crippen molar-refractivity contribution in [3.63, 3.8) is 0 Å². The van der Waals surface area contributed by atoms with Crippen molar-refractivity contribution in [1.29, 1.82) is 0 Å². The number of benzene rings is 1. The summed E-state index contributed by atoms with van der Waals surface area (Å²) < 4.78 is 41.0. The van der Waals surface area contributed by atoms with Crippen LogP contribution in [-0.4, -0.2) is 36.2 Å². The van der Waals surface area contributed by atoms with Gasteiger partial charge < -0.3 is 15.0 Å². The smallest absolute Gasteiger partial charge is 0.405 e. The molecule has 1 N–H and O–H groups in total. The Morgan fingerprint density at radius 3 is 2.68 bits per heavy atom. The third-order valence-electron chi connectivity index (χ3n) is 3.28. The molecule has 1 aliphatic rings. The van der Waals surface area contributed by atoms with Crippen LogP contribution in [0.15, 0.2) is 24.3 Å². The molecule has 1 heterocycles. The van der Waals surface area contributed by atoms with E-state index >= 15 is 0 Å². The Kier molecular flexibility index (Phi) is 4.58. The van der Waals surface area contributed by atoms with Gasteiger partial charge in [0, 0.05) is 25.6 Å². The van der Waals surface area contributed by atoms with E-state index in [0.29, 0.717) is 6.42 Å². The van der Waals surface area contributed by atoms with Crippen molar-refractivity contribution in [2.45, 2.75) is 31.8 Å². The van der Waals surface area contributed by atoms with Crippen molar-refractivity contribution in [1.82, 2.24) is 10.2 Å². The first kappa shape index (κ1) is 16.1. The normalized spacial score (nSPS) is 18.0. The Morgan fingerprint density at radius 2 is 2.09 bits per heavy atom. The van der Waals surface area contributed by atoms with E-state index in [1.807, 2.05) is 0 Å². The van der Waals surface area contributed by atoms with Crippen LogP contribution < -0.4 is 10.1 Å². The van der Waals surface area contributed by atoms with Crippen molar-refractivity contribution < 1.29 is 27.5 Å². The third kappa shape index (κ3) is 4.12. The molecular weight excluding hydrogens is 301 g/mol. The van der Waals surface area contributed by atoms with Crippen molar-refractivity contribution in [3.8, 4) is 5.75 Å². The average molecular weight is 316 g/mol. The van der Waals surface area contributed by atoms with E-state index in [1.165, 1.54) is 30.1 Å². The summed E-state index contributed by atoms with van der Waals surface area (Å²) in [6.07, 6.45) is -4.13. The first-order chi connectivity index (χ1) is 10.3. The van der Waals surface area contributed by atoms with Crippen molar-refractivity contribution >= 4 is 11.8 Å². The molecule has 0 aliphatic carbocycles. The summed E-state index contributed by atoms with van der Waals surface area (Å²) in [5.41, 5.74) is 0.236. The van der Waals surface area contributed by atoms with E-state index in [1.54, 1.807) is 6.07 Å². The molecule has 1 aromatic rings. The minimum absolute atomic E-state index is 0.0442. The van der Waals surface area contributed by atoms with Gasteiger partial charge in [-0.25, -0.2) is 0 Å². The minimum Gasteiger partial charge on any atom is -0.405 e. The van der Waals surface area contributed by atoms with Crippen LogP contribution in [0.2, 0.25) is 0 Å². The number of para-hydroxylation sites is 1. The maximum absolute atomic E-state index is 12.4. The molecule has 1 atom stereocenters. The molecule has 1 fully saturated rings. The number of carbonyl (C=O) groups is 2. The molecule has 1 saturated heterocycles. The SMILES string of the molecule is CN(Cc1ccccc1OC(F)(F)F)C(=O)C1CCC(=O)N1. The van der Waals surface area contributed by atoms with Gasteiger partial charge in [-0.15, -0.1) is 13.2 Å². The lowest BCUT2D eigenvalue weighted by Crippen LogP contribution is -2.42. The first-order valence-corrected chi connectivity index (χ1v) is 6.64. The van der Waals surface area contributed by atoms with Crippen molar-refractivity contribution in [3.05, 3.63) is 29.8 Å². The zero-order valence-corrected chi connectivity index (χ0v) is 11.8. The zero-order valence-electron chi connectivity index (χ0n) is 11.8. The number of nitrogens with zero attached hydrogens (tertiary/aromatic N) is 1. The van der Waals surface area contributed by atoms with E-state index in [0.717, 1.165) is 0 Å². The first-order valence-electron chi connectivity index (χ1n) is 6.64. The fourth-order valence-corrected chi connectivity index (χ4v) is 2.26. The number of hydrogen-bond acceptors (Lipinski definition) is 3. The van der Waals surface area contributed by atoms with Gasteiger partial charge >= 0.3 is 6.36 Å². The topological polar surface area (TPSA) is 58.6 Å². The van der Waals surface area contributed by atoms with Crippen LogP contribution in [0.4, 0.5) is 13.2 Å². The highest BCUT2D eigenvalue weighted by Gasteiger charge is 2.33. The highest BCUT2D eigenvalue weighted by Crippen LogP contribution is 2.27. The number of nitrogens with one attached hydrogen (secondary N) is 1. The van der Waals surface area contributed by atoms with Crippen molar-refractivity contribution in [2.24, 2.45) is 0 Å². The number of halogens is 3. The Hall–Kier alpha value is -2.25. The van der Waals surface area contributed by atoms with E-state index in [2.05, 4.69) is 10.1 Å². The molecule has 22 heavy (non-hydrogen) atoms. The number of rotatable bonds is 4. The van der Waals surface area contributed by atoms with E-state index in [-0.39, 0.29) is 36.1 Å². The van der Waals surface area contributed by atoms with Crippen LogP contribution >= 0.6 is 0 Å². The standard InChI is InChI=1S/C14H15F3N2O3/c1-19(13(21)10-6-7-12(20)18-10)8-9-4-2-3-5-11(9)22-14(15,16)17/h2-5,10H,6-8H2,1H3,(H,18,20). The van der Waals surface area contributed by atoms with E-state index in [4.69, 9.17) is 0 Å². The number of alkyl halides is 3. The molecule has 5 nitrogen and oxygen atoms in total. The third-order valence-corrected chi connectivity index (χ3v) is 3.28. The second kappa shape index (κ2) is 6.25. The molecule has 8 heteroatoms. The monoisotopic (exact) mass is 316 g/mol. The second-order valence-corrected chi connectivity index (χ2v) is 5.01. The van der Waals surface area contributed by atoms with Crippen LogP contribution in [0.5, 0.6) is 5.75 Å². The van der Waals surface area contributed by atoms with Crippen LogP contribution in [0.1, 0.15) is 18.4 Å². The molecule has 0 saturated carbocycles. The lowest BCUT2D eigenvalue weighted by molar-refractivity contribution is -0.275. The summed E-state index contributed by atoms with van der Waals surface area (Å²) >= 11 is 0. The fourth-order valence-electron chi connectivity index (χ4n) is 2.26. The van der Waals surface area contributed by atoms with Gasteiger partial charge in [0.15, 0.2) is 0 Å². The lowest BCUT2D eigenvalue weighted by Gasteiger charge is -2.22. The number of ether oxygens (including phenoxy) is 1. The Balaban J connectivity index is 2.06. The number of carbonyl (C=O) groups excluding carboxylic acids is 2. The molecule has 2 amide bonds. The molecule has 0 radical (unpaired) electrons. The van der Waals surface area contributed by atoms with Gasteiger partial charge in [-0.3, -0.25) is 9.59 Å². The van der Waals surface area contributed by atoms with E-state index < -0.39 is 12.4 Å². The second-order valence-electron chi connectivity index (χ2n) is 5.01. The van der Waals surface area contributed by atoms with Crippen LogP contribution in [0, 0.1) is 0 Å². The summed E-state index contributed by atoms with van der Waals surface area (Å²) in [5, 5.41) is 2.53. The van der Waals surface area contributed by atoms with Gasteiger partial charge in [0.05, 0.1) is 0 Å². The number of likely N-dealkylation sites (N-methyl/N-ethyl adjacent to an activating group) is 1. The molecule has 1 aromatic carbocycles. The summed E-state index contributed by atoms with van der Waals surface area (Å²) in [5.74, 6) is -0.884. The fraction of sp³-hybridized carbons (Fsp3) is 0.429. The van der Waals surface area contributed by atoms with Gasteiger partial charge in [0.1, 0.15) is 11.8 Å². The zero-order chi connectivity index (χ0) is 16.3. The summed E-state index contributed by atoms with van der Waals surface area (Å²) in [6.45, 7) is -0.0442. The predicted molar refractivity (Wildman–Crippen MR) is 70.8 cm³/mol. The highest BCUT2D eigenvalue weighted by atomic mass is 19.4. The highest BCUT2D eigenvalue weighted by molar-refractivity contribution is 5.90. The van der Waals surface area contributed by atoms with Gasteiger partial charge in [-0.2, -0.15) is 0 Å². The van der Waals surface area contributed by atoms with Crippen molar-refractivity contribution in [2.75, 3.05) is 7.05 Å². The van der Waals surface area contributed by atoms with E-state index in [9.17, 15) is 22.8 Å². The minimum atomic E-state index is -4.79. The predicted octanol–water partition coefficient (Wildman–Crippen LogP) is 1.82. The van der Waals surface area contributed by atoms with Gasteiger partial charge in [-0.05, 0) is 12.5 Å². The summed E-state index contributed by atoms with van der Waals surface area (Å²) in [4.78, 5) is 24.5. The molecule has 0 aromatic heterocycles. The molecule has 0 bridgehead atoms. The number of hydrogen-bond donors (Lipinski definition) is 1. The Labute approximate surface area is 125 Å². The lowest BCUT2D eigenvalue weighted by atomic mass is 10.1. The molecule has 0 spiro atoms. The van der Waals surface area contributed by atoms with Crippen LogP contribution in [0.3, 0.4) is 0 Å². The van der Waals surface area contributed by atoms with Gasteiger partial charge in [0.25, 0.3) is 0 Å². The van der Waals surface area contributed by atoms with Gasteiger partial charge in [0.2, 0.25) is 11.8 Å². The number of amides is 2. The quantitative estimate of drug-likeness (QED) is 0.922.